The van der Waals surface area contributed by atoms with Crippen molar-refractivity contribution >= 4 is 22.7 Å². The van der Waals surface area contributed by atoms with Crippen LogP contribution in [0.1, 0.15) is 21.9 Å². The van der Waals surface area contributed by atoms with Crippen molar-refractivity contribution in [2.45, 2.75) is 13.8 Å². The number of aryl methyl sites for hydroxylation is 2. The molecule has 2 N–H and O–H groups in total. The van der Waals surface area contributed by atoms with Gasteiger partial charge in [-0.3, -0.25) is 19.4 Å². The summed E-state index contributed by atoms with van der Waals surface area (Å²) in [5.41, 5.74) is 0.758. The van der Waals surface area contributed by atoms with Gasteiger partial charge in [0, 0.05) is 23.9 Å². The van der Waals surface area contributed by atoms with E-state index in [0.717, 1.165) is 6.07 Å². The maximum Gasteiger partial charge on any atom is 0.292 e. The van der Waals surface area contributed by atoms with Gasteiger partial charge in [-0.05, 0) is 26.0 Å². The first kappa shape index (κ1) is 17.4. The molecule has 3 aromatic heterocycles. The molecule has 0 aliphatic heterocycles. The van der Waals surface area contributed by atoms with Crippen LogP contribution in [0.25, 0.3) is 16.9 Å². The Balaban J connectivity index is 1.73. The number of hydrogen-bond donors (Lipinski definition) is 2. The molecule has 4 rings (SSSR count). The van der Waals surface area contributed by atoms with Gasteiger partial charge in [-0.1, -0.05) is 12.1 Å². The molecule has 0 unspecified atom stereocenters. The maximum absolute atomic E-state index is 12.7. The third-order valence-corrected chi connectivity index (χ3v) is 3.99. The van der Waals surface area contributed by atoms with E-state index in [0.29, 0.717) is 22.4 Å². The van der Waals surface area contributed by atoms with E-state index in [1.54, 1.807) is 44.2 Å². The smallest absolute Gasteiger partial charge is 0.292 e. The average molecular weight is 377 g/mol. The summed E-state index contributed by atoms with van der Waals surface area (Å²) in [6, 6.07) is 10.8. The minimum Gasteiger partial charge on any atom is -0.451 e. The van der Waals surface area contributed by atoms with Crippen LogP contribution >= 0.6 is 0 Å². The number of nitrogens with zero attached hydrogens (tertiary/aromatic N) is 3. The zero-order valence-corrected chi connectivity index (χ0v) is 15.0. The summed E-state index contributed by atoms with van der Waals surface area (Å²) in [5.74, 6) is -0.334. The predicted molar refractivity (Wildman–Crippen MR) is 102 cm³/mol. The first-order valence-corrected chi connectivity index (χ1v) is 8.40. The molecule has 0 aliphatic carbocycles. The fraction of sp³-hybridized carbons (Fsp3) is 0.105. The molecule has 0 saturated heterocycles. The quantitative estimate of drug-likeness (QED) is 0.562. The van der Waals surface area contributed by atoms with Crippen LogP contribution in [0.15, 0.2) is 56.5 Å². The maximum atomic E-state index is 12.7. The van der Waals surface area contributed by atoms with Crippen molar-refractivity contribution in [3.05, 3.63) is 80.2 Å². The second-order valence-electron chi connectivity index (χ2n) is 6.22. The second kappa shape index (κ2) is 6.62. The minimum atomic E-state index is -0.626. The topological polar surface area (TPSA) is 123 Å². The van der Waals surface area contributed by atoms with Crippen LogP contribution in [0.3, 0.4) is 0 Å². The largest absolute Gasteiger partial charge is 0.451 e. The summed E-state index contributed by atoms with van der Waals surface area (Å²) in [6.07, 6.45) is 0. The number of carbonyl (C=O) groups is 1. The lowest BCUT2D eigenvalue weighted by molar-refractivity contribution is 0.0996. The van der Waals surface area contributed by atoms with Gasteiger partial charge in [0.05, 0.1) is 11.1 Å². The fourth-order valence-corrected chi connectivity index (χ4v) is 2.81. The standard InChI is InChI=1S/C19H15N5O4/c1-10-8-17(26)22-19(20-10)24-16(7-11(2)23-24)21-18(27)15-9-13(25)12-5-3-4-6-14(12)28-15/h3-9H,1-2H3,(H,21,27)(H,20,22,26). The number of aromatic amines is 1. The molecule has 9 heteroatoms. The van der Waals surface area contributed by atoms with Crippen molar-refractivity contribution < 1.29 is 9.21 Å². The molecule has 0 fully saturated rings. The molecular weight excluding hydrogens is 362 g/mol. The van der Waals surface area contributed by atoms with Crippen molar-refractivity contribution in [3.8, 4) is 5.95 Å². The van der Waals surface area contributed by atoms with Crippen LogP contribution in [-0.2, 0) is 0 Å². The van der Waals surface area contributed by atoms with E-state index in [2.05, 4.69) is 20.4 Å². The van der Waals surface area contributed by atoms with Gasteiger partial charge in [-0.2, -0.15) is 9.78 Å². The Morgan fingerprint density at radius 1 is 1.11 bits per heavy atom. The third-order valence-electron chi connectivity index (χ3n) is 3.99. The van der Waals surface area contributed by atoms with Gasteiger partial charge in [0.15, 0.2) is 11.2 Å². The third kappa shape index (κ3) is 3.20. The number of H-pyrrole nitrogens is 1. The van der Waals surface area contributed by atoms with Gasteiger partial charge in [-0.15, -0.1) is 0 Å². The summed E-state index contributed by atoms with van der Waals surface area (Å²) in [7, 11) is 0. The molecule has 0 aliphatic rings. The number of anilines is 1. The molecule has 1 amide bonds. The molecule has 0 atom stereocenters. The van der Waals surface area contributed by atoms with Gasteiger partial charge in [0.25, 0.3) is 11.5 Å². The first-order valence-electron chi connectivity index (χ1n) is 8.40. The second-order valence-corrected chi connectivity index (χ2v) is 6.22. The van der Waals surface area contributed by atoms with Crippen LogP contribution in [0.2, 0.25) is 0 Å². The number of nitrogens with one attached hydrogen (secondary N) is 2. The van der Waals surface area contributed by atoms with Gasteiger partial charge in [-0.25, -0.2) is 4.98 Å². The fourth-order valence-electron chi connectivity index (χ4n) is 2.81. The highest BCUT2D eigenvalue weighted by atomic mass is 16.3. The van der Waals surface area contributed by atoms with E-state index in [9.17, 15) is 14.4 Å². The zero-order valence-electron chi connectivity index (χ0n) is 15.0. The van der Waals surface area contributed by atoms with E-state index in [1.807, 2.05) is 0 Å². The van der Waals surface area contributed by atoms with Crippen molar-refractivity contribution in [3.63, 3.8) is 0 Å². The summed E-state index contributed by atoms with van der Waals surface area (Å²) in [6.45, 7) is 3.41. The molecule has 28 heavy (non-hydrogen) atoms. The molecular formula is C19H15N5O4. The summed E-state index contributed by atoms with van der Waals surface area (Å²) >= 11 is 0. The molecule has 9 nitrogen and oxygen atoms in total. The number of hydrogen-bond acceptors (Lipinski definition) is 6. The van der Waals surface area contributed by atoms with Crippen LogP contribution < -0.4 is 16.3 Å². The van der Waals surface area contributed by atoms with Crippen LogP contribution in [-0.4, -0.2) is 25.7 Å². The Bertz CT molecular complexity index is 1330. The Hall–Kier alpha value is -4.01. The van der Waals surface area contributed by atoms with E-state index in [1.165, 1.54) is 10.7 Å². The highest BCUT2D eigenvalue weighted by molar-refractivity contribution is 6.02. The van der Waals surface area contributed by atoms with Crippen LogP contribution in [0.4, 0.5) is 5.82 Å². The molecule has 4 aromatic rings. The number of para-hydroxylation sites is 1. The van der Waals surface area contributed by atoms with Crippen molar-refractivity contribution in [1.82, 2.24) is 19.7 Å². The highest BCUT2D eigenvalue weighted by Crippen LogP contribution is 2.17. The van der Waals surface area contributed by atoms with Gasteiger partial charge < -0.3 is 9.73 Å². The van der Waals surface area contributed by atoms with Crippen molar-refractivity contribution in [2.75, 3.05) is 5.32 Å². The van der Waals surface area contributed by atoms with Gasteiger partial charge >= 0.3 is 0 Å². The molecule has 3 heterocycles. The number of carbonyl (C=O) groups excluding carboxylic acids is 1. The Kier molecular flexibility index (Phi) is 4.11. The van der Waals surface area contributed by atoms with Crippen LogP contribution in [0, 0.1) is 13.8 Å². The number of amides is 1. The summed E-state index contributed by atoms with van der Waals surface area (Å²) in [5, 5.41) is 7.29. The minimum absolute atomic E-state index is 0.139. The summed E-state index contributed by atoms with van der Waals surface area (Å²) < 4.78 is 6.86. The molecule has 0 radical (unpaired) electrons. The number of rotatable bonds is 3. The lowest BCUT2D eigenvalue weighted by Gasteiger charge is -2.08. The molecule has 0 spiro atoms. The summed E-state index contributed by atoms with van der Waals surface area (Å²) in [4.78, 5) is 43.4. The van der Waals surface area contributed by atoms with E-state index in [-0.39, 0.29) is 28.5 Å². The number of benzene rings is 1. The Labute approximate surface area is 157 Å². The van der Waals surface area contributed by atoms with E-state index in [4.69, 9.17) is 4.42 Å². The Morgan fingerprint density at radius 3 is 2.68 bits per heavy atom. The average Bonchev–Trinajstić information content (AvgIpc) is 3.01. The highest BCUT2D eigenvalue weighted by Gasteiger charge is 2.17. The lowest BCUT2D eigenvalue weighted by atomic mass is 10.2. The number of fused-ring (bicyclic) bond motifs is 1. The van der Waals surface area contributed by atoms with Crippen LogP contribution in [0.5, 0.6) is 0 Å². The first-order chi connectivity index (χ1) is 13.4. The molecule has 0 saturated carbocycles. The van der Waals surface area contributed by atoms with Gasteiger partial charge in [0.2, 0.25) is 5.95 Å². The zero-order chi connectivity index (χ0) is 19.8. The normalized spacial score (nSPS) is 10.9. The SMILES string of the molecule is Cc1cc(=O)[nH]c(-n2nc(C)cc2NC(=O)c2cc(=O)c3ccccc3o2)n1. The van der Waals surface area contributed by atoms with Crippen molar-refractivity contribution in [2.24, 2.45) is 0 Å². The lowest BCUT2D eigenvalue weighted by Crippen LogP contribution is -2.19. The number of aromatic nitrogens is 4. The molecule has 0 bridgehead atoms. The van der Waals surface area contributed by atoms with E-state index < -0.39 is 5.91 Å². The van der Waals surface area contributed by atoms with E-state index >= 15 is 0 Å². The molecule has 1 aromatic carbocycles. The predicted octanol–water partition coefficient (Wildman–Crippen LogP) is 1.93. The van der Waals surface area contributed by atoms with Gasteiger partial charge in [0.1, 0.15) is 11.4 Å². The molecule has 140 valence electrons. The van der Waals surface area contributed by atoms with Crippen molar-refractivity contribution in [1.29, 1.82) is 0 Å². The monoisotopic (exact) mass is 377 g/mol. The Morgan fingerprint density at radius 2 is 1.89 bits per heavy atom.